The van der Waals surface area contributed by atoms with Crippen LogP contribution in [0.15, 0.2) is 12.3 Å². The van der Waals surface area contributed by atoms with Crippen molar-refractivity contribution in [3.05, 3.63) is 12.3 Å². The van der Waals surface area contributed by atoms with Gasteiger partial charge in [-0.1, -0.05) is 6.92 Å². The molecule has 2 amide bonds. The fourth-order valence-electron chi connectivity index (χ4n) is 2.76. The molecule has 0 aliphatic carbocycles. The Balaban J connectivity index is 1.79. The summed E-state index contributed by atoms with van der Waals surface area (Å²) in [4.78, 5) is 16.4. The minimum Gasteiger partial charge on any atom is -0.378 e. The third-order valence-corrected chi connectivity index (χ3v) is 4.17. The topological polar surface area (TPSA) is 62.6 Å². The van der Waals surface area contributed by atoms with E-state index in [1.807, 2.05) is 35.9 Å². The van der Waals surface area contributed by atoms with Crippen molar-refractivity contribution in [1.82, 2.24) is 19.6 Å². The van der Waals surface area contributed by atoms with Gasteiger partial charge in [-0.2, -0.15) is 5.10 Å². The van der Waals surface area contributed by atoms with Gasteiger partial charge in [0.1, 0.15) is 0 Å². The number of amides is 2. The Hall–Kier alpha value is -1.60. The third kappa shape index (κ3) is 6.13. The molecule has 2 heterocycles. The second-order valence-electron chi connectivity index (χ2n) is 6.61. The first kappa shape index (κ1) is 18.7. The molecule has 1 aromatic heterocycles. The quantitative estimate of drug-likeness (QED) is 0.829. The van der Waals surface area contributed by atoms with Crippen LogP contribution in [0.1, 0.15) is 32.6 Å². The molecule has 1 N–H and O–H groups in total. The van der Waals surface area contributed by atoms with Crippen LogP contribution in [0.25, 0.3) is 0 Å². The summed E-state index contributed by atoms with van der Waals surface area (Å²) in [7, 11) is 4.06. The number of likely N-dealkylation sites (tertiary alicyclic amines) is 1. The van der Waals surface area contributed by atoms with Crippen molar-refractivity contribution >= 4 is 11.8 Å². The molecule has 1 aromatic rings. The molecule has 0 aromatic carbocycles. The van der Waals surface area contributed by atoms with E-state index in [2.05, 4.69) is 22.2 Å². The molecular weight excluding hydrogens is 306 g/mol. The van der Waals surface area contributed by atoms with Gasteiger partial charge in [0.2, 0.25) is 0 Å². The molecule has 1 aliphatic heterocycles. The normalized spacial score (nSPS) is 18.7. The summed E-state index contributed by atoms with van der Waals surface area (Å²) in [5, 5.41) is 7.31. The molecule has 1 fully saturated rings. The second-order valence-corrected chi connectivity index (χ2v) is 6.61. The third-order valence-electron chi connectivity index (χ3n) is 4.17. The van der Waals surface area contributed by atoms with Gasteiger partial charge >= 0.3 is 6.03 Å². The summed E-state index contributed by atoms with van der Waals surface area (Å²) in [5.74, 6) is 0.613. The van der Waals surface area contributed by atoms with Crippen molar-refractivity contribution in [2.75, 3.05) is 45.7 Å². The molecule has 7 nitrogen and oxygen atoms in total. The summed E-state index contributed by atoms with van der Waals surface area (Å²) < 4.78 is 7.68. The zero-order valence-corrected chi connectivity index (χ0v) is 15.2. The fraction of sp³-hybridized carbons (Fsp3) is 0.765. The van der Waals surface area contributed by atoms with Crippen LogP contribution in [-0.4, -0.2) is 72.1 Å². The Morgan fingerprint density at radius 3 is 3.00 bits per heavy atom. The van der Waals surface area contributed by atoms with Gasteiger partial charge in [-0.25, -0.2) is 4.79 Å². The highest BCUT2D eigenvalue weighted by Crippen LogP contribution is 2.15. The number of carbonyl (C=O) groups is 1. The molecule has 0 saturated carbocycles. The number of anilines is 1. The average Bonchev–Trinajstić information content (AvgIpc) is 2.86. The van der Waals surface area contributed by atoms with E-state index in [1.54, 1.807) is 0 Å². The maximum Gasteiger partial charge on any atom is 0.323 e. The first-order chi connectivity index (χ1) is 11.6. The van der Waals surface area contributed by atoms with Crippen molar-refractivity contribution < 1.29 is 9.53 Å². The maximum atomic E-state index is 12.4. The van der Waals surface area contributed by atoms with E-state index < -0.39 is 0 Å². The molecule has 0 radical (unpaired) electrons. The van der Waals surface area contributed by atoms with Crippen LogP contribution in [-0.2, 0) is 11.3 Å². The van der Waals surface area contributed by atoms with Gasteiger partial charge in [-0.3, -0.25) is 10.00 Å². The molecule has 136 valence electrons. The van der Waals surface area contributed by atoms with E-state index in [0.717, 1.165) is 58.5 Å². The lowest BCUT2D eigenvalue weighted by molar-refractivity contribution is 0.0446. The largest absolute Gasteiger partial charge is 0.378 e. The zero-order chi connectivity index (χ0) is 17.4. The van der Waals surface area contributed by atoms with Crippen LogP contribution in [0, 0.1) is 0 Å². The van der Waals surface area contributed by atoms with Crippen molar-refractivity contribution in [1.29, 1.82) is 0 Å². The number of hydrogen-bond acceptors (Lipinski definition) is 4. The lowest BCUT2D eigenvalue weighted by Crippen LogP contribution is -2.36. The summed E-state index contributed by atoms with van der Waals surface area (Å²) >= 11 is 0. The van der Waals surface area contributed by atoms with Gasteiger partial charge in [0.25, 0.3) is 0 Å². The van der Waals surface area contributed by atoms with E-state index in [0.29, 0.717) is 5.82 Å². The number of urea groups is 1. The van der Waals surface area contributed by atoms with Crippen molar-refractivity contribution in [2.24, 2.45) is 0 Å². The van der Waals surface area contributed by atoms with Crippen LogP contribution in [0.5, 0.6) is 0 Å². The standard InChI is InChI=1S/C17H31N5O2/c1-4-14-24-15-6-5-9-21(10-7-15)17(23)18-16-8-11-22(19-16)13-12-20(2)3/h8,11,15H,4-7,9-10,12-14H2,1-3H3,(H,18,19,23)/t15-/m1/s1. The Kier molecular flexibility index (Phi) is 7.52. The lowest BCUT2D eigenvalue weighted by Gasteiger charge is -2.20. The first-order valence-corrected chi connectivity index (χ1v) is 8.94. The number of nitrogens with zero attached hydrogens (tertiary/aromatic N) is 4. The van der Waals surface area contributed by atoms with Crippen LogP contribution >= 0.6 is 0 Å². The van der Waals surface area contributed by atoms with E-state index in [4.69, 9.17) is 4.74 Å². The minimum atomic E-state index is -0.0657. The van der Waals surface area contributed by atoms with Gasteiger partial charge in [-0.15, -0.1) is 0 Å². The Bertz CT molecular complexity index is 503. The number of hydrogen-bond donors (Lipinski definition) is 1. The molecule has 1 atom stereocenters. The smallest absolute Gasteiger partial charge is 0.323 e. The monoisotopic (exact) mass is 337 g/mol. The van der Waals surface area contributed by atoms with Gasteiger partial charge in [-0.05, 0) is 39.8 Å². The SMILES string of the molecule is CCCO[C@@H]1CCCN(C(=O)Nc2ccn(CCN(C)C)n2)CC1. The summed E-state index contributed by atoms with van der Waals surface area (Å²) in [6, 6.07) is 1.78. The van der Waals surface area contributed by atoms with Gasteiger partial charge in [0.05, 0.1) is 12.6 Å². The molecule has 7 heteroatoms. The highest BCUT2D eigenvalue weighted by Gasteiger charge is 2.21. The lowest BCUT2D eigenvalue weighted by atomic mass is 10.2. The number of ether oxygens (including phenoxy) is 1. The minimum absolute atomic E-state index is 0.0657. The summed E-state index contributed by atoms with van der Waals surface area (Å²) in [6.07, 6.45) is 6.15. The van der Waals surface area contributed by atoms with Gasteiger partial charge in [0, 0.05) is 38.5 Å². The zero-order valence-electron chi connectivity index (χ0n) is 15.2. The number of nitrogens with one attached hydrogen (secondary N) is 1. The first-order valence-electron chi connectivity index (χ1n) is 8.94. The summed E-state index contributed by atoms with van der Waals surface area (Å²) in [6.45, 7) is 6.17. The highest BCUT2D eigenvalue weighted by atomic mass is 16.5. The van der Waals surface area contributed by atoms with E-state index in [9.17, 15) is 4.79 Å². The molecule has 0 unspecified atom stereocenters. The summed E-state index contributed by atoms with van der Waals surface area (Å²) in [5.41, 5.74) is 0. The second kappa shape index (κ2) is 9.64. The number of rotatable bonds is 7. The van der Waals surface area contributed by atoms with E-state index in [-0.39, 0.29) is 12.1 Å². The molecule has 1 aliphatic rings. The molecule has 1 saturated heterocycles. The van der Waals surface area contributed by atoms with Crippen LogP contribution < -0.4 is 5.32 Å². The van der Waals surface area contributed by atoms with Crippen LogP contribution in [0.3, 0.4) is 0 Å². The van der Waals surface area contributed by atoms with Crippen molar-refractivity contribution in [2.45, 2.75) is 45.3 Å². The average molecular weight is 337 g/mol. The van der Waals surface area contributed by atoms with Crippen LogP contribution in [0.4, 0.5) is 10.6 Å². The number of carbonyl (C=O) groups excluding carboxylic acids is 1. The number of aromatic nitrogens is 2. The van der Waals surface area contributed by atoms with Crippen LogP contribution in [0.2, 0.25) is 0 Å². The molecule has 24 heavy (non-hydrogen) atoms. The Morgan fingerprint density at radius 2 is 2.25 bits per heavy atom. The van der Waals surface area contributed by atoms with Gasteiger partial charge in [0.15, 0.2) is 5.82 Å². The predicted octanol–water partition coefficient (Wildman–Crippen LogP) is 2.26. The molecule has 2 rings (SSSR count). The number of likely N-dealkylation sites (N-methyl/N-ethyl adjacent to an activating group) is 1. The highest BCUT2D eigenvalue weighted by molar-refractivity contribution is 5.88. The molecular formula is C17H31N5O2. The maximum absolute atomic E-state index is 12.4. The fourth-order valence-corrected chi connectivity index (χ4v) is 2.76. The predicted molar refractivity (Wildman–Crippen MR) is 95.3 cm³/mol. The van der Waals surface area contributed by atoms with Crippen molar-refractivity contribution in [3.63, 3.8) is 0 Å². The van der Waals surface area contributed by atoms with E-state index in [1.165, 1.54) is 0 Å². The Morgan fingerprint density at radius 1 is 1.42 bits per heavy atom. The van der Waals surface area contributed by atoms with Crippen molar-refractivity contribution in [3.8, 4) is 0 Å². The molecule has 0 spiro atoms. The van der Waals surface area contributed by atoms with Gasteiger partial charge < -0.3 is 14.5 Å². The van der Waals surface area contributed by atoms with E-state index >= 15 is 0 Å². The molecule has 0 bridgehead atoms. The Labute approximate surface area is 144 Å².